The zero-order chi connectivity index (χ0) is 17.4. The zero-order valence-electron chi connectivity index (χ0n) is 13.0. The molecule has 0 spiro atoms. The maximum Gasteiger partial charge on any atom is 0.255 e. The second-order valence-electron chi connectivity index (χ2n) is 6.01. The van der Waals surface area contributed by atoms with Gasteiger partial charge in [-0.15, -0.1) is 0 Å². The van der Waals surface area contributed by atoms with Crippen LogP contribution in [0.1, 0.15) is 6.42 Å². The Morgan fingerprint density at radius 1 is 1.20 bits per heavy atom. The van der Waals surface area contributed by atoms with E-state index in [1.54, 1.807) is 24.5 Å². The second-order valence-corrected chi connectivity index (χ2v) is 6.40. The fourth-order valence-corrected chi connectivity index (χ4v) is 2.69. The molecule has 128 valence electrons. The van der Waals surface area contributed by atoms with Crippen LogP contribution in [0.15, 0.2) is 48.8 Å². The van der Waals surface area contributed by atoms with Gasteiger partial charge in [-0.2, -0.15) is 0 Å². The van der Waals surface area contributed by atoms with Crippen LogP contribution in [0.5, 0.6) is 5.75 Å². The van der Waals surface area contributed by atoms with Crippen molar-refractivity contribution in [3.8, 4) is 5.75 Å². The number of nitrogens with zero attached hydrogens (tertiary/aromatic N) is 2. The van der Waals surface area contributed by atoms with Crippen LogP contribution in [0.3, 0.4) is 0 Å². The normalized spacial score (nSPS) is 18.1. The van der Waals surface area contributed by atoms with Gasteiger partial charge in [-0.1, -0.05) is 11.6 Å². The third-order valence-corrected chi connectivity index (χ3v) is 4.36. The first kappa shape index (κ1) is 16.0. The summed E-state index contributed by atoms with van der Waals surface area (Å²) in [5, 5.41) is 5.40. The van der Waals surface area contributed by atoms with E-state index in [9.17, 15) is 8.78 Å². The highest BCUT2D eigenvalue weighted by Crippen LogP contribution is 2.48. The van der Waals surface area contributed by atoms with Gasteiger partial charge in [-0.25, -0.2) is 18.7 Å². The van der Waals surface area contributed by atoms with Crippen molar-refractivity contribution in [1.82, 2.24) is 9.97 Å². The number of benzene rings is 1. The number of rotatable bonds is 5. The van der Waals surface area contributed by atoms with E-state index in [1.807, 2.05) is 24.3 Å². The molecule has 0 radical (unpaired) electrons. The van der Waals surface area contributed by atoms with Crippen molar-refractivity contribution in [3.05, 3.63) is 53.9 Å². The molecule has 2 heterocycles. The van der Waals surface area contributed by atoms with Gasteiger partial charge in [0.1, 0.15) is 16.7 Å². The molecule has 7 heteroatoms. The molecule has 1 aliphatic rings. The van der Waals surface area contributed by atoms with E-state index >= 15 is 0 Å². The van der Waals surface area contributed by atoms with Crippen molar-refractivity contribution in [3.63, 3.8) is 0 Å². The van der Waals surface area contributed by atoms with Crippen LogP contribution in [0.25, 0.3) is 10.8 Å². The van der Waals surface area contributed by atoms with Crippen LogP contribution >= 0.6 is 11.6 Å². The summed E-state index contributed by atoms with van der Waals surface area (Å²) in [6.07, 6.45) is 3.21. The Balaban J connectivity index is 1.54. The van der Waals surface area contributed by atoms with Crippen LogP contribution in [0.4, 0.5) is 20.3 Å². The quantitative estimate of drug-likeness (QED) is 0.645. The predicted molar refractivity (Wildman–Crippen MR) is 92.8 cm³/mol. The molecule has 1 N–H and O–H groups in total. The number of halogens is 3. The molecular formula is C18H14ClF2N3O. The number of hydrogen-bond donors (Lipinski definition) is 1. The zero-order valence-corrected chi connectivity index (χ0v) is 13.8. The monoisotopic (exact) mass is 361 g/mol. The van der Waals surface area contributed by atoms with Crippen molar-refractivity contribution < 1.29 is 13.5 Å². The van der Waals surface area contributed by atoms with Gasteiger partial charge < -0.3 is 10.1 Å². The maximum atomic E-state index is 12.9. The molecule has 3 aromatic rings. The van der Waals surface area contributed by atoms with Crippen LogP contribution in [0.2, 0.25) is 5.15 Å². The SMILES string of the molecule is FC1(F)CC1COc1ccc2c(Nc3ccc(Cl)nc3)nccc2c1. The molecule has 2 aromatic heterocycles. The minimum atomic E-state index is -2.57. The molecule has 0 bridgehead atoms. The average molecular weight is 362 g/mol. The summed E-state index contributed by atoms with van der Waals surface area (Å²) in [6, 6.07) is 10.8. The van der Waals surface area contributed by atoms with E-state index in [2.05, 4.69) is 15.3 Å². The van der Waals surface area contributed by atoms with Crippen molar-refractivity contribution in [1.29, 1.82) is 0 Å². The van der Waals surface area contributed by atoms with E-state index in [0.29, 0.717) is 16.7 Å². The lowest BCUT2D eigenvalue weighted by Gasteiger charge is -2.10. The highest BCUT2D eigenvalue weighted by atomic mass is 35.5. The fourth-order valence-electron chi connectivity index (χ4n) is 2.58. The van der Waals surface area contributed by atoms with E-state index in [4.69, 9.17) is 16.3 Å². The summed E-state index contributed by atoms with van der Waals surface area (Å²) in [5.74, 6) is -2.00. The van der Waals surface area contributed by atoms with Gasteiger partial charge in [0.2, 0.25) is 0 Å². The summed E-state index contributed by atoms with van der Waals surface area (Å²) < 4.78 is 31.4. The third-order valence-electron chi connectivity index (χ3n) is 4.13. The molecule has 1 atom stereocenters. The Labute approximate surface area is 147 Å². The van der Waals surface area contributed by atoms with Gasteiger partial charge in [0.25, 0.3) is 5.92 Å². The smallest absolute Gasteiger partial charge is 0.255 e. The van der Waals surface area contributed by atoms with Gasteiger partial charge in [-0.3, -0.25) is 0 Å². The highest BCUT2D eigenvalue weighted by molar-refractivity contribution is 6.29. The van der Waals surface area contributed by atoms with E-state index in [1.165, 1.54) is 0 Å². The molecule has 0 aliphatic heterocycles. The minimum absolute atomic E-state index is 0.0329. The van der Waals surface area contributed by atoms with Gasteiger partial charge in [0.05, 0.1) is 24.4 Å². The standard InChI is InChI=1S/C18H14ClF2N3O/c19-16-4-1-13(9-23-16)24-17-15-3-2-14(7-11(15)5-6-22-17)25-10-12-8-18(12,20)21/h1-7,9,12H,8,10H2,(H,22,24). The maximum absolute atomic E-state index is 12.9. The molecule has 1 unspecified atom stereocenters. The summed E-state index contributed by atoms with van der Waals surface area (Å²) in [5.41, 5.74) is 0.765. The molecule has 1 fully saturated rings. The number of fused-ring (bicyclic) bond motifs is 1. The van der Waals surface area contributed by atoms with Crippen LogP contribution in [0, 0.1) is 5.92 Å². The minimum Gasteiger partial charge on any atom is -0.493 e. The lowest BCUT2D eigenvalue weighted by Crippen LogP contribution is -2.05. The Morgan fingerprint density at radius 3 is 2.76 bits per heavy atom. The lowest BCUT2D eigenvalue weighted by molar-refractivity contribution is 0.0856. The number of nitrogens with one attached hydrogen (secondary N) is 1. The summed E-state index contributed by atoms with van der Waals surface area (Å²) >= 11 is 5.79. The van der Waals surface area contributed by atoms with Gasteiger partial charge in [-0.05, 0) is 41.8 Å². The number of pyridine rings is 2. The van der Waals surface area contributed by atoms with Gasteiger partial charge >= 0.3 is 0 Å². The summed E-state index contributed by atoms with van der Waals surface area (Å²) in [4.78, 5) is 8.37. The Kier molecular flexibility index (Phi) is 3.92. The Morgan fingerprint density at radius 2 is 2.04 bits per heavy atom. The molecular weight excluding hydrogens is 348 g/mol. The van der Waals surface area contributed by atoms with Crippen molar-refractivity contribution in [2.24, 2.45) is 5.92 Å². The predicted octanol–water partition coefficient (Wildman–Crippen LogP) is 5.06. The summed E-state index contributed by atoms with van der Waals surface area (Å²) in [7, 11) is 0. The van der Waals surface area contributed by atoms with Crippen LogP contribution < -0.4 is 10.1 Å². The molecule has 4 rings (SSSR count). The molecule has 1 saturated carbocycles. The fraction of sp³-hybridized carbons (Fsp3) is 0.222. The number of hydrogen-bond acceptors (Lipinski definition) is 4. The van der Waals surface area contributed by atoms with Crippen molar-refractivity contribution >= 4 is 33.9 Å². The second kappa shape index (κ2) is 6.11. The molecule has 25 heavy (non-hydrogen) atoms. The topological polar surface area (TPSA) is 47.0 Å². The van der Waals surface area contributed by atoms with Crippen molar-refractivity contribution in [2.45, 2.75) is 12.3 Å². The van der Waals surface area contributed by atoms with Crippen LogP contribution in [-0.2, 0) is 0 Å². The first-order valence-electron chi connectivity index (χ1n) is 7.79. The molecule has 0 saturated heterocycles. The third kappa shape index (κ3) is 3.49. The number of ether oxygens (including phenoxy) is 1. The Hall–Kier alpha value is -2.47. The lowest BCUT2D eigenvalue weighted by atomic mass is 10.1. The molecule has 0 amide bonds. The average Bonchev–Trinajstić information content (AvgIpc) is 3.22. The first-order valence-corrected chi connectivity index (χ1v) is 8.17. The first-order chi connectivity index (χ1) is 12.0. The molecule has 1 aromatic carbocycles. The number of alkyl halides is 2. The van der Waals surface area contributed by atoms with Gasteiger partial charge in [0, 0.05) is 18.0 Å². The van der Waals surface area contributed by atoms with Gasteiger partial charge in [0.15, 0.2) is 0 Å². The molecule has 4 nitrogen and oxygen atoms in total. The number of anilines is 2. The molecule has 1 aliphatic carbocycles. The number of aromatic nitrogens is 2. The van der Waals surface area contributed by atoms with E-state index < -0.39 is 11.8 Å². The highest BCUT2D eigenvalue weighted by Gasteiger charge is 2.57. The summed E-state index contributed by atoms with van der Waals surface area (Å²) in [6.45, 7) is 0.0329. The van der Waals surface area contributed by atoms with Crippen LogP contribution in [-0.4, -0.2) is 22.5 Å². The Bertz CT molecular complexity index is 918. The van der Waals surface area contributed by atoms with E-state index in [-0.39, 0.29) is 13.0 Å². The largest absolute Gasteiger partial charge is 0.493 e. The van der Waals surface area contributed by atoms with Crippen molar-refractivity contribution in [2.75, 3.05) is 11.9 Å². The van der Waals surface area contributed by atoms with E-state index in [0.717, 1.165) is 16.5 Å².